The highest BCUT2D eigenvalue weighted by Gasteiger charge is 2.32. The van der Waals surface area contributed by atoms with Crippen LogP contribution in [0, 0.1) is 0 Å². The number of nitrogens with zero attached hydrogens (tertiary/aromatic N) is 2. The van der Waals surface area contributed by atoms with Crippen molar-refractivity contribution in [2.45, 2.75) is 32.6 Å². The zero-order chi connectivity index (χ0) is 14.8. The number of nitrogens with one attached hydrogen (secondary N) is 1. The molecule has 0 aliphatic carbocycles. The number of benzene rings is 1. The van der Waals surface area contributed by atoms with Crippen LogP contribution in [0.2, 0.25) is 0 Å². The minimum Gasteiger partial charge on any atom is -0.310 e. The van der Waals surface area contributed by atoms with Gasteiger partial charge >= 0.3 is 6.18 Å². The number of alkyl halides is 3. The molecule has 1 aromatic heterocycles. The van der Waals surface area contributed by atoms with Crippen LogP contribution < -0.4 is 5.32 Å². The number of halogens is 3. The average Bonchev–Trinajstić information content (AvgIpc) is 2.86. The fourth-order valence-electron chi connectivity index (χ4n) is 1.74. The normalized spacial score (nSPS) is 12.1. The summed E-state index contributed by atoms with van der Waals surface area (Å²) in [5.41, 5.74) is 0.868. The van der Waals surface area contributed by atoms with E-state index in [1.165, 1.54) is 4.68 Å². The summed E-state index contributed by atoms with van der Waals surface area (Å²) >= 11 is 0. The second-order valence-corrected chi connectivity index (χ2v) is 4.88. The van der Waals surface area contributed by atoms with E-state index >= 15 is 0 Å². The molecule has 0 atom stereocenters. The van der Waals surface area contributed by atoms with Crippen LogP contribution in [0.3, 0.4) is 0 Å². The van der Waals surface area contributed by atoms with Crippen LogP contribution >= 0.6 is 0 Å². The first-order valence-corrected chi connectivity index (χ1v) is 6.31. The van der Waals surface area contributed by atoms with Gasteiger partial charge in [-0.15, -0.1) is 0 Å². The molecule has 1 aromatic carbocycles. The van der Waals surface area contributed by atoms with E-state index < -0.39 is 11.7 Å². The highest BCUT2D eigenvalue weighted by atomic mass is 19.4. The fourth-order valence-corrected chi connectivity index (χ4v) is 1.74. The van der Waals surface area contributed by atoms with Crippen molar-refractivity contribution in [1.29, 1.82) is 0 Å². The molecule has 2 rings (SSSR count). The van der Waals surface area contributed by atoms with E-state index in [2.05, 4.69) is 10.4 Å². The number of hydrogen-bond donors (Lipinski definition) is 1. The zero-order valence-corrected chi connectivity index (χ0v) is 11.3. The van der Waals surface area contributed by atoms with Crippen molar-refractivity contribution in [3.05, 3.63) is 47.8 Å². The molecule has 0 aliphatic heterocycles. The fraction of sp³-hybridized carbons (Fsp3) is 0.357. The predicted octanol–water partition coefficient (Wildman–Crippen LogP) is 3.39. The van der Waals surface area contributed by atoms with Gasteiger partial charge in [-0.25, -0.2) is 4.68 Å². The second-order valence-electron chi connectivity index (χ2n) is 4.88. The Kier molecular flexibility index (Phi) is 4.13. The molecule has 0 aliphatic rings. The largest absolute Gasteiger partial charge is 0.419 e. The van der Waals surface area contributed by atoms with Crippen LogP contribution in [-0.4, -0.2) is 15.8 Å². The Labute approximate surface area is 115 Å². The topological polar surface area (TPSA) is 29.9 Å². The molecule has 6 heteroatoms. The third-order valence-corrected chi connectivity index (χ3v) is 2.80. The Morgan fingerprint density at radius 3 is 2.65 bits per heavy atom. The molecule has 108 valence electrons. The van der Waals surface area contributed by atoms with Crippen molar-refractivity contribution in [1.82, 2.24) is 15.1 Å². The third-order valence-electron chi connectivity index (χ3n) is 2.80. The zero-order valence-electron chi connectivity index (χ0n) is 11.3. The van der Waals surface area contributed by atoms with Crippen molar-refractivity contribution in [2.24, 2.45) is 0 Å². The quantitative estimate of drug-likeness (QED) is 0.932. The first kappa shape index (κ1) is 14.6. The molecule has 0 bridgehead atoms. The van der Waals surface area contributed by atoms with Crippen molar-refractivity contribution in [3.63, 3.8) is 0 Å². The van der Waals surface area contributed by atoms with Crippen molar-refractivity contribution < 1.29 is 13.2 Å². The Morgan fingerprint density at radius 2 is 2.05 bits per heavy atom. The van der Waals surface area contributed by atoms with E-state index in [4.69, 9.17) is 0 Å². The van der Waals surface area contributed by atoms with Gasteiger partial charge in [0, 0.05) is 18.8 Å². The number of aromatic nitrogens is 2. The molecule has 0 saturated carbocycles. The lowest BCUT2D eigenvalue weighted by molar-refractivity contribution is -0.137. The summed E-state index contributed by atoms with van der Waals surface area (Å²) in [7, 11) is 0. The van der Waals surface area contributed by atoms with Crippen molar-refractivity contribution in [3.8, 4) is 5.69 Å². The summed E-state index contributed by atoms with van der Waals surface area (Å²) in [4.78, 5) is 0. The van der Waals surface area contributed by atoms with Crippen molar-refractivity contribution >= 4 is 0 Å². The monoisotopic (exact) mass is 283 g/mol. The predicted molar refractivity (Wildman–Crippen MR) is 70.5 cm³/mol. The lowest BCUT2D eigenvalue weighted by atomic mass is 10.2. The third kappa shape index (κ3) is 3.60. The molecule has 0 saturated heterocycles. The molecule has 0 radical (unpaired) electrons. The smallest absolute Gasteiger partial charge is 0.310 e. The van der Waals surface area contributed by atoms with E-state index in [0.717, 1.165) is 18.0 Å². The second kappa shape index (κ2) is 5.66. The van der Waals surface area contributed by atoms with Gasteiger partial charge in [-0.05, 0) is 17.7 Å². The number of rotatable bonds is 4. The molecule has 1 N–H and O–H groups in total. The molecule has 0 unspecified atom stereocenters. The molecule has 0 spiro atoms. The van der Waals surface area contributed by atoms with E-state index in [-0.39, 0.29) is 0 Å². The van der Waals surface area contributed by atoms with Gasteiger partial charge in [0.05, 0.1) is 17.4 Å². The highest BCUT2D eigenvalue weighted by Crippen LogP contribution is 2.29. The maximum Gasteiger partial charge on any atom is 0.419 e. The minimum atomic E-state index is -4.37. The van der Waals surface area contributed by atoms with E-state index in [9.17, 15) is 13.2 Å². The molecule has 0 fully saturated rings. The SMILES string of the molecule is CC(C)NCc1cccc(-n2cc(C(F)(F)F)cn2)c1. The Balaban J connectivity index is 2.20. The van der Waals surface area contributed by atoms with Crippen molar-refractivity contribution in [2.75, 3.05) is 0 Å². The van der Waals surface area contributed by atoms with Crippen LogP contribution in [0.15, 0.2) is 36.7 Å². The molecule has 20 heavy (non-hydrogen) atoms. The first-order valence-electron chi connectivity index (χ1n) is 6.31. The van der Waals surface area contributed by atoms with Gasteiger partial charge in [0.2, 0.25) is 0 Å². The van der Waals surface area contributed by atoms with Crippen LogP contribution in [0.1, 0.15) is 25.0 Å². The summed E-state index contributed by atoms with van der Waals surface area (Å²) in [6, 6.07) is 7.63. The maximum atomic E-state index is 12.5. The van der Waals surface area contributed by atoms with Gasteiger partial charge in [-0.2, -0.15) is 18.3 Å². The highest BCUT2D eigenvalue weighted by molar-refractivity contribution is 5.36. The van der Waals surface area contributed by atoms with E-state index in [1.807, 2.05) is 32.0 Å². The molecule has 0 amide bonds. The van der Waals surface area contributed by atoms with Crippen LogP contribution in [0.25, 0.3) is 5.69 Å². The van der Waals surface area contributed by atoms with Gasteiger partial charge in [0.25, 0.3) is 0 Å². The average molecular weight is 283 g/mol. The summed E-state index contributed by atoms with van der Waals surface area (Å²) in [6.45, 7) is 4.73. The first-order chi connectivity index (χ1) is 9.36. The van der Waals surface area contributed by atoms with Crippen LogP contribution in [-0.2, 0) is 12.7 Å². The Hall–Kier alpha value is -1.82. The van der Waals surface area contributed by atoms with Gasteiger partial charge in [0.15, 0.2) is 0 Å². The summed E-state index contributed by atoms with van der Waals surface area (Å²) in [5, 5.41) is 7.03. The lowest BCUT2D eigenvalue weighted by Gasteiger charge is -2.09. The van der Waals surface area contributed by atoms with Crippen LogP contribution in [0.5, 0.6) is 0 Å². The van der Waals surface area contributed by atoms with Gasteiger partial charge in [0.1, 0.15) is 0 Å². The molecular formula is C14H16F3N3. The van der Waals surface area contributed by atoms with Gasteiger partial charge in [-0.1, -0.05) is 26.0 Å². The molecule has 2 aromatic rings. The molecule has 3 nitrogen and oxygen atoms in total. The Morgan fingerprint density at radius 1 is 1.30 bits per heavy atom. The van der Waals surface area contributed by atoms with Gasteiger partial charge in [-0.3, -0.25) is 0 Å². The maximum absolute atomic E-state index is 12.5. The summed E-state index contributed by atoms with van der Waals surface area (Å²) in [5.74, 6) is 0. The van der Waals surface area contributed by atoms with E-state index in [0.29, 0.717) is 18.3 Å². The Bertz CT molecular complexity index is 573. The number of hydrogen-bond acceptors (Lipinski definition) is 2. The minimum absolute atomic E-state index is 0.347. The van der Waals surface area contributed by atoms with Gasteiger partial charge < -0.3 is 5.32 Å². The van der Waals surface area contributed by atoms with Crippen LogP contribution in [0.4, 0.5) is 13.2 Å². The standard InChI is InChI=1S/C14H16F3N3/c1-10(2)18-7-11-4-3-5-13(6-11)20-9-12(8-19-20)14(15,16)17/h3-6,8-10,18H,7H2,1-2H3. The molecular weight excluding hydrogens is 267 g/mol. The summed E-state index contributed by atoms with van der Waals surface area (Å²) in [6.07, 6.45) is -2.54. The summed E-state index contributed by atoms with van der Waals surface area (Å²) < 4.78 is 38.9. The molecule has 1 heterocycles. The lowest BCUT2D eigenvalue weighted by Crippen LogP contribution is -2.21. The van der Waals surface area contributed by atoms with E-state index in [1.54, 1.807) is 6.07 Å².